The van der Waals surface area contributed by atoms with Gasteiger partial charge >= 0.3 is 6.18 Å². The second-order valence-electron chi connectivity index (χ2n) is 8.20. The van der Waals surface area contributed by atoms with E-state index < -0.39 is 52.0 Å². The summed E-state index contributed by atoms with van der Waals surface area (Å²) >= 11 is 0. The number of halogens is 5. The molecule has 0 aliphatic carbocycles. The fourth-order valence-electron chi connectivity index (χ4n) is 3.85. The van der Waals surface area contributed by atoms with Gasteiger partial charge in [0.2, 0.25) is 21.8 Å². The Morgan fingerprint density at radius 2 is 1.76 bits per heavy atom. The first-order valence-corrected chi connectivity index (χ1v) is 12.2. The summed E-state index contributed by atoms with van der Waals surface area (Å²) < 4.78 is 92.9. The van der Waals surface area contributed by atoms with E-state index in [-0.39, 0.29) is 34.8 Å². The molecule has 3 heterocycles. The van der Waals surface area contributed by atoms with Gasteiger partial charge in [-0.1, -0.05) is 0 Å². The first-order valence-electron chi connectivity index (χ1n) is 10.8. The molecule has 9 nitrogen and oxygen atoms in total. The molecule has 3 atom stereocenters. The number of hydrogen-bond donors (Lipinski definition) is 1. The molecular formula is C22H19F5N6O3S. The number of sulfonamides is 1. The van der Waals surface area contributed by atoms with Crippen LogP contribution in [0.4, 0.5) is 22.0 Å². The third-order valence-electron chi connectivity index (χ3n) is 5.74. The molecule has 1 saturated heterocycles. The Labute approximate surface area is 207 Å². The number of nitrogens with one attached hydrogen (secondary N) is 1. The molecule has 0 saturated carbocycles. The van der Waals surface area contributed by atoms with Gasteiger partial charge in [0, 0.05) is 24.4 Å². The lowest BCUT2D eigenvalue weighted by atomic mass is 10.1. The Kier molecular flexibility index (Phi) is 7.19. The number of carbonyl (C=O) groups excluding carboxylic acids is 1. The largest absolute Gasteiger partial charge is 0.451 e. The second kappa shape index (κ2) is 10.0. The lowest BCUT2D eigenvalue weighted by Crippen LogP contribution is -2.48. The normalized spacial score (nSPS) is 20.6. The molecule has 0 radical (unpaired) electrons. The van der Waals surface area contributed by atoms with Crippen molar-refractivity contribution < 1.29 is 35.2 Å². The zero-order chi connectivity index (χ0) is 27.0. The minimum atomic E-state index is -4.70. The van der Waals surface area contributed by atoms with Crippen LogP contribution in [-0.2, 0) is 27.5 Å². The number of hydrogen-bond acceptors (Lipinski definition) is 7. The lowest BCUT2D eigenvalue weighted by Gasteiger charge is -2.26. The maximum absolute atomic E-state index is 14.5. The van der Waals surface area contributed by atoms with Gasteiger partial charge in [-0.05, 0) is 37.3 Å². The number of nitrogens with zero attached hydrogens (tertiary/aromatic N) is 5. The summed E-state index contributed by atoms with van der Waals surface area (Å²) in [5.41, 5.74) is 0.602. The van der Waals surface area contributed by atoms with Crippen molar-refractivity contribution in [3.8, 4) is 11.3 Å². The molecule has 1 aromatic carbocycles. The number of benzene rings is 1. The van der Waals surface area contributed by atoms with Crippen molar-refractivity contribution in [2.75, 3.05) is 0 Å². The van der Waals surface area contributed by atoms with E-state index in [0.29, 0.717) is 0 Å². The topological polar surface area (TPSA) is 118 Å². The van der Waals surface area contributed by atoms with Crippen LogP contribution in [0.25, 0.3) is 11.3 Å². The van der Waals surface area contributed by atoms with Crippen LogP contribution in [0.15, 0.2) is 53.9 Å². The number of aromatic nitrogens is 4. The Balaban J connectivity index is 1.49. The zero-order valence-electron chi connectivity index (χ0n) is 19.0. The monoisotopic (exact) mass is 542 g/mol. The fourth-order valence-corrected chi connectivity index (χ4v) is 5.66. The van der Waals surface area contributed by atoms with Crippen molar-refractivity contribution in [2.45, 2.75) is 49.2 Å². The third kappa shape index (κ3) is 5.56. The third-order valence-corrected chi connectivity index (χ3v) is 7.75. The smallest absolute Gasteiger partial charge is 0.349 e. The van der Waals surface area contributed by atoms with Crippen LogP contribution in [0.1, 0.15) is 24.9 Å². The van der Waals surface area contributed by atoms with E-state index in [1.807, 2.05) is 0 Å². The molecule has 1 amide bonds. The van der Waals surface area contributed by atoms with E-state index in [0.717, 1.165) is 47.3 Å². The van der Waals surface area contributed by atoms with E-state index in [1.165, 1.54) is 13.0 Å². The van der Waals surface area contributed by atoms with Crippen molar-refractivity contribution in [1.82, 2.24) is 29.6 Å². The van der Waals surface area contributed by atoms with E-state index in [2.05, 4.69) is 25.3 Å². The molecule has 1 fully saturated rings. The summed E-state index contributed by atoms with van der Waals surface area (Å²) in [6.45, 7) is 1.13. The molecule has 0 bridgehead atoms. The lowest BCUT2D eigenvalue weighted by molar-refractivity contribution is -0.145. The van der Waals surface area contributed by atoms with Gasteiger partial charge in [0.1, 0.15) is 24.4 Å². The summed E-state index contributed by atoms with van der Waals surface area (Å²) in [4.78, 5) is 27.1. The average Bonchev–Trinajstić information content (AvgIpc) is 3.17. The van der Waals surface area contributed by atoms with Gasteiger partial charge in [-0.15, -0.1) is 0 Å². The predicted molar refractivity (Wildman–Crippen MR) is 118 cm³/mol. The Hall–Kier alpha value is -3.59. The van der Waals surface area contributed by atoms with Crippen molar-refractivity contribution in [3.63, 3.8) is 0 Å². The molecule has 0 spiro atoms. The Morgan fingerprint density at radius 1 is 1.11 bits per heavy atom. The van der Waals surface area contributed by atoms with E-state index in [1.54, 1.807) is 0 Å². The van der Waals surface area contributed by atoms with Gasteiger partial charge in [-0.25, -0.2) is 37.1 Å². The predicted octanol–water partition coefficient (Wildman–Crippen LogP) is 2.90. The van der Waals surface area contributed by atoms with Crippen LogP contribution in [0, 0.1) is 5.82 Å². The van der Waals surface area contributed by atoms with Gasteiger partial charge in [0.05, 0.1) is 28.9 Å². The minimum absolute atomic E-state index is 0.171. The molecule has 37 heavy (non-hydrogen) atoms. The molecule has 1 aliphatic heterocycles. The van der Waals surface area contributed by atoms with Gasteiger partial charge in [0.25, 0.3) is 0 Å². The molecule has 3 unspecified atom stereocenters. The standard InChI is InChI=1S/C22H19F5N6O3S/c1-12-17(24)7-19(33(12)37(35,36)16-4-2-14(23)3-5-16)20(34)28-10-15-6-18(32-11-31-15)13-8-29-21(30-9-13)22(25,26)27/h2-6,8-9,11-12,17,19H,7,10H2,1H3,(H,28,34). The molecule has 1 N–H and O–H groups in total. The van der Waals surface area contributed by atoms with Gasteiger partial charge < -0.3 is 5.32 Å². The highest BCUT2D eigenvalue weighted by Crippen LogP contribution is 2.33. The summed E-state index contributed by atoms with van der Waals surface area (Å²) in [7, 11) is -4.33. The summed E-state index contributed by atoms with van der Waals surface area (Å²) in [5, 5.41) is 2.51. The summed E-state index contributed by atoms with van der Waals surface area (Å²) in [6.07, 6.45) is -3.69. The average molecular weight is 542 g/mol. The van der Waals surface area contributed by atoms with Crippen LogP contribution in [-0.4, -0.2) is 56.8 Å². The minimum Gasteiger partial charge on any atom is -0.349 e. The SMILES string of the molecule is CC1C(F)CC(C(=O)NCc2cc(-c3cnc(C(F)(F)F)nc3)ncn2)N1S(=O)(=O)c1ccc(F)cc1. The van der Waals surface area contributed by atoms with E-state index in [9.17, 15) is 35.2 Å². The first kappa shape index (κ1) is 26.5. The second-order valence-corrected chi connectivity index (χ2v) is 10.0. The van der Waals surface area contributed by atoms with Gasteiger partial charge in [-0.2, -0.15) is 17.5 Å². The molecule has 196 valence electrons. The van der Waals surface area contributed by atoms with Crippen LogP contribution in [0.2, 0.25) is 0 Å². The number of amides is 1. The molecule has 1 aliphatic rings. The quantitative estimate of drug-likeness (QED) is 0.476. The summed E-state index contributed by atoms with van der Waals surface area (Å²) in [5.74, 6) is -2.75. The highest BCUT2D eigenvalue weighted by atomic mass is 32.2. The van der Waals surface area contributed by atoms with Crippen molar-refractivity contribution in [2.24, 2.45) is 0 Å². The fraction of sp³-hybridized carbons (Fsp3) is 0.318. The maximum Gasteiger partial charge on any atom is 0.451 e. The first-order chi connectivity index (χ1) is 17.4. The number of rotatable bonds is 6. The van der Waals surface area contributed by atoms with E-state index >= 15 is 0 Å². The molecular weight excluding hydrogens is 523 g/mol. The van der Waals surface area contributed by atoms with E-state index in [4.69, 9.17) is 0 Å². The van der Waals surface area contributed by atoms with Crippen LogP contribution >= 0.6 is 0 Å². The van der Waals surface area contributed by atoms with Crippen molar-refractivity contribution >= 4 is 15.9 Å². The molecule has 15 heteroatoms. The van der Waals surface area contributed by atoms with Crippen molar-refractivity contribution in [3.05, 3.63) is 66.4 Å². The maximum atomic E-state index is 14.5. The van der Waals surface area contributed by atoms with Crippen LogP contribution in [0.3, 0.4) is 0 Å². The number of alkyl halides is 4. The van der Waals surface area contributed by atoms with Crippen molar-refractivity contribution in [1.29, 1.82) is 0 Å². The van der Waals surface area contributed by atoms with Gasteiger partial charge in [0.15, 0.2) is 0 Å². The molecule has 4 rings (SSSR count). The highest BCUT2D eigenvalue weighted by Gasteiger charge is 2.49. The summed E-state index contributed by atoms with van der Waals surface area (Å²) in [6, 6.07) is 2.83. The molecule has 3 aromatic rings. The van der Waals surface area contributed by atoms with Gasteiger partial charge in [-0.3, -0.25) is 4.79 Å². The highest BCUT2D eigenvalue weighted by molar-refractivity contribution is 7.89. The zero-order valence-corrected chi connectivity index (χ0v) is 19.8. The van der Waals surface area contributed by atoms with Crippen LogP contribution < -0.4 is 5.32 Å². The Morgan fingerprint density at radius 3 is 2.38 bits per heavy atom. The molecule has 2 aromatic heterocycles. The Bertz CT molecular complexity index is 1390. The van der Waals surface area contributed by atoms with Crippen LogP contribution in [0.5, 0.6) is 0 Å². The number of carbonyl (C=O) groups is 1.